The summed E-state index contributed by atoms with van der Waals surface area (Å²) in [5, 5.41) is 2.94. The van der Waals surface area contributed by atoms with Crippen LogP contribution in [0.15, 0.2) is 66.4 Å². The molecule has 0 bridgehead atoms. The Morgan fingerprint density at radius 1 is 1.17 bits per heavy atom. The summed E-state index contributed by atoms with van der Waals surface area (Å²) in [7, 11) is 1.61. The number of ether oxygens (including phenoxy) is 2. The van der Waals surface area contributed by atoms with Crippen molar-refractivity contribution in [3.63, 3.8) is 0 Å². The van der Waals surface area contributed by atoms with Gasteiger partial charge in [-0.2, -0.15) is 0 Å². The highest BCUT2D eigenvalue weighted by Crippen LogP contribution is 2.28. The van der Waals surface area contributed by atoms with Crippen LogP contribution in [0.3, 0.4) is 0 Å². The van der Waals surface area contributed by atoms with Crippen molar-refractivity contribution >= 4 is 12.0 Å². The summed E-state index contributed by atoms with van der Waals surface area (Å²) in [6.07, 6.45) is 5.80. The maximum Gasteiger partial charge on any atom is 0.251 e. The van der Waals surface area contributed by atoms with Gasteiger partial charge in [0.05, 0.1) is 13.4 Å². The predicted octanol–water partition coefficient (Wildman–Crippen LogP) is 3.34. The van der Waals surface area contributed by atoms with E-state index in [-0.39, 0.29) is 5.91 Å². The van der Waals surface area contributed by atoms with Gasteiger partial charge in [0.25, 0.3) is 5.91 Å². The molecular formula is C20H19NO3. The van der Waals surface area contributed by atoms with Crippen LogP contribution < -0.4 is 14.8 Å². The second kappa shape index (κ2) is 7.51. The molecule has 24 heavy (non-hydrogen) atoms. The largest absolute Gasteiger partial charge is 0.497 e. The number of fused-ring (bicyclic) bond motifs is 1. The second-order valence-corrected chi connectivity index (χ2v) is 5.42. The molecule has 1 heterocycles. The fourth-order valence-electron chi connectivity index (χ4n) is 2.48. The highest BCUT2D eigenvalue weighted by Gasteiger charge is 2.12. The van der Waals surface area contributed by atoms with Gasteiger partial charge in [-0.3, -0.25) is 4.79 Å². The van der Waals surface area contributed by atoms with Crippen molar-refractivity contribution in [3.05, 3.63) is 77.6 Å². The molecule has 2 aromatic carbocycles. The van der Waals surface area contributed by atoms with Gasteiger partial charge in [-0.05, 0) is 42.3 Å². The number of nitrogens with one attached hydrogen (secondary N) is 1. The maximum absolute atomic E-state index is 12.4. The molecule has 0 fully saturated rings. The third-order valence-corrected chi connectivity index (χ3v) is 3.77. The van der Waals surface area contributed by atoms with Crippen LogP contribution in [0.4, 0.5) is 0 Å². The predicted molar refractivity (Wildman–Crippen MR) is 93.9 cm³/mol. The first-order chi connectivity index (χ1) is 11.8. The van der Waals surface area contributed by atoms with Crippen LogP contribution >= 0.6 is 0 Å². The quantitative estimate of drug-likeness (QED) is 0.919. The molecular weight excluding hydrogens is 302 g/mol. The lowest BCUT2D eigenvalue weighted by atomic mass is 10.1. The summed E-state index contributed by atoms with van der Waals surface area (Å²) in [5.41, 5.74) is 2.56. The normalized spacial score (nSPS) is 12.5. The van der Waals surface area contributed by atoms with Crippen molar-refractivity contribution in [1.29, 1.82) is 0 Å². The number of hydrogen-bond acceptors (Lipinski definition) is 3. The molecule has 4 nitrogen and oxygen atoms in total. The van der Waals surface area contributed by atoms with Gasteiger partial charge < -0.3 is 14.8 Å². The number of benzene rings is 2. The molecule has 0 saturated heterocycles. The lowest BCUT2D eigenvalue weighted by molar-refractivity contribution is -0.117. The first-order valence-corrected chi connectivity index (χ1v) is 7.81. The van der Waals surface area contributed by atoms with E-state index in [0.29, 0.717) is 17.9 Å². The molecule has 122 valence electrons. The topological polar surface area (TPSA) is 47.6 Å². The average Bonchev–Trinajstić information content (AvgIpc) is 2.84. The summed E-state index contributed by atoms with van der Waals surface area (Å²) in [6.45, 7) is 0.583. The van der Waals surface area contributed by atoms with Crippen LogP contribution in [0, 0.1) is 0 Å². The first-order valence-electron chi connectivity index (χ1n) is 7.81. The van der Waals surface area contributed by atoms with Crippen LogP contribution in [0.25, 0.3) is 6.08 Å². The van der Waals surface area contributed by atoms with Crippen LogP contribution in [0.1, 0.15) is 11.1 Å². The second-order valence-electron chi connectivity index (χ2n) is 5.42. The Bertz CT molecular complexity index is 779. The van der Waals surface area contributed by atoms with Gasteiger partial charge in [-0.15, -0.1) is 0 Å². The van der Waals surface area contributed by atoms with E-state index in [9.17, 15) is 4.79 Å². The molecule has 1 aliphatic rings. The molecule has 1 aliphatic heterocycles. The summed E-state index contributed by atoms with van der Waals surface area (Å²) >= 11 is 0. The Kier molecular flexibility index (Phi) is 4.96. The molecule has 1 N–H and O–H groups in total. The molecule has 0 aliphatic carbocycles. The maximum atomic E-state index is 12.4. The highest BCUT2D eigenvalue weighted by molar-refractivity contribution is 6.01. The van der Waals surface area contributed by atoms with Gasteiger partial charge in [-0.25, -0.2) is 0 Å². The first kappa shape index (κ1) is 15.9. The molecule has 4 heteroatoms. The number of rotatable bonds is 5. The van der Waals surface area contributed by atoms with E-state index in [1.807, 2.05) is 48.5 Å². The Hall–Kier alpha value is -3.01. The molecule has 2 aromatic rings. The zero-order valence-corrected chi connectivity index (χ0v) is 13.5. The van der Waals surface area contributed by atoms with Gasteiger partial charge >= 0.3 is 0 Å². The van der Waals surface area contributed by atoms with Crippen LogP contribution in [-0.2, 0) is 11.2 Å². The van der Waals surface area contributed by atoms with E-state index in [4.69, 9.17) is 9.47 Å². The summed E-state index contributed by atoms with van der Waals surface area (Å²) in [4.78, 5) is 12.4. The van der Waals surface area contributed by atoms with Gasteiger partial charge in [0.2, 0.25) is 0 Å². The number of hydrogen-bond donors (Lipinski definition) is 1. The molecule has 0 spiro atoms. The Labute approximate surface area is 141 Å². The Morgan fingerprint density at radius 2 is 2.00 bits per heavy atom. The minimum atomic E-state index is -0.124. The highest BCUT2D eigenvalue weighted by atomic mass is 16.5. The molecule has 1 amide bonds. The van der Waals surface area contributed by atoms with E-state index in [1.54, 1.807) is 19.3 Å². The molecule has 0 unspecified atom stereocenters. The molecule has 3 rings (SSSR count). The van der Waals surface area contributed by atoms with Crippen LogP contribution in [-0.4, -0.2) is 19.6 Å². The monoisotopic (exact) mass is 321 g/mol. The Morgan fingerprint density at radius 3 is 2.79 bits per heavy atom. The summed E-state index contributed by atoms with van der Waals surface area (Å²) in [6, 6.07) is 15.6. The van der Waals surface area contributed by atoms with E-state index < -0.39 is 0 Å². The molecule has 0 aromatic heterocycles. The smallest absolute Gasteiger partial charge is 0.251 e. The minimum absolute atomic E-state index is 0.124. The van der Waals surface area contributed by atoms with Crippen LogP contribution in [0.2, 0.25) is 0 Å². The number of methoxy groups -OCH3 is 1. The molecule has 0 radical (unpaired) electrons. The average molecular weight is 321 g/mol. The van der Waals surface area contributed by atoms with E-state index in [2.05, 4.69) is 5.32 Å². The van der Waals surface area contributed by atoms with Crippen molar-refractivity contribution in [2.45, 2.75) is 6.42 Å². The molecule has 0 atom stereocenters. The van der Waals surface area contributed by atoms with Crippen molar-refractivity contribution in [2.75, 3.05) is 13.7 Å². The lowest BCUT2D eigenvalue weighted by Crippen LogP contribution is -2.26. The number of carbonyl (C=O) groups is 1. The van der Waals surface area contributed by atoms with Crippen molar-refractivity contribution in [3.8, 4) is 11.5 Å². The summed E-state index contributed by atoms with van der Waals surface area (Å²) in [5.74, 6) is 1.29. The van der Waals surface area contributed by atoms with E-state index >= 15 is 0 Å². The van der Waals surface area contributed by atoms with Crippen molar-refractivity contribution in [2.24, 2.45) is 0 Å². The van der Waals surface area contributed by atoms with E-state index in [0.717, 1.165) is 17.7 Å². The van der Waals surface area contributed by atoms with Crippen molar-refractivity contribution < 1.29 is 14.3 Å². The van der Waals surface area contributed by atoms with Gasteiger partial charge in [0.1, 0.15) is 11.5 Å². The van der Waals surface area contributed by atoms with Gasteiger partial charge in [0.15, 0.2) is 0 Å². The third kappa shape index (κ3) is 3.84. The zero-order valence-electron chi connectivity index (χ0n) is 13.5. The molecule has 0 saturated carbocycles. The third-order valence-electron chi connectivity index (χ3n) is 3.77. The van der Waals surface area contributed by atoms with Gasteiger partial charge in [-0.1, -0.05) is 30.3 Å². The summed E-state index contributed by atoms with van der Waals surface area (Å²) < 4.78 is 10.8. The SMILES string of the molecule is COc1ccc2c(c1)C=C(C(=O)NCCc1ccccc1)C=CO2. The van der Waals surface area contributed by atoms with Crippen molar-refractivity contribution in [1.82, 2.24) is 5.32 Å². The van der Waals surface area contributed by atoms with Gasteiger partial charge in [0, 0.05) is 17.7 Å². The number of amides is 1. The van der Waals surface area contributed by atoms with E-state index in [1.165, 1.54) is 11.8 Å². The Balaban J connectivity index is 1.68. The fourth-order valence-corrected chi connectivity index (χ4v) is 2.48. The minimum Gasteiger partial charge on any atom is -0.497 e. The number of carbonyl (C=O) groups excluding carboxylic acids is 1. The standard InChI is InChI=1S/C20H19NO3/c1-23-18-7-8-19-17(14-18)13-16(10-12-24-19)20(22)21-11-9-15-5-3-2-4-6-15/h2-8,10,12-14H,9,11H2,1H3,(H,21,22). The fraction of sp³-hybridized carbons (Fsp3) is 0.150. The zero-order chi connectivity index (χ0) is 16.8. The van der Waals surface area contributed by atoms with Crippen LogP contribution in [0.5, 0.6) is 11.5 Å². The lowest BCUT2D eigenvalue weighted by Gasteiger charge is -2.07.